The second kappa shape index (κ2) is 5.96. The van der Waals surface area contributed by atoms with E-state index in [9.17, 15) is 0 Å². The summed E-state index contributed by atoms with van der Waals surface area (Å²) in [6.07, 6.45) is 1.25. The van der Waals surface area contributed by atoms with Gasteiger partial charge in [0.15, 0.2) is 0 Å². The average molecular weight is 294 g/mol. The van der Waals surface area contributed by atoms with Gasteiger partial charge < -0.3 is 5.32 Å². The van der Waals surface area contributed by atoms with Crippen LogP contribution >= 0.6 is 24.0 Å². The van der Waals surface area contributed by atoms with Gasteiger partial charge in [-0.15, -0.1) is 12.4 Å². The third kappa shape index (κ3) is 3.11. The molecule has 0 bridgehead atoms. The first-order valence-corrected chi connectivity index (χ1v) is 6.69. The van der Waals surface area contributed by atoms with Crippen LogP contribution in [-0.4, -0.2) is 13.1 Å². The molecule has 0 aromatic heterocycles. The van der Waals surface area contributed by atoms with Crippen molar-refractivity contribution in [3.05, 3.63) is 59.1 Å². The Morgan fingerprint density at radius 2 is 1.74 bits per heavy atom. The summed E-state index contributed by atoms with van der Waals surface area (Å²) in [4.78, 5) is 0. The molecule has 2 aromatic rings. The van der Waals surface area contributed by atoms with Gasteiger partial charge in [0, 0.05) is 17.0 Å². The van der Waals surface area contributed by atoms with E-state index in [4.69, 9.17) is 11.6 Å². The summed E-state index contributed by atoms with van der Waals surface area (Å²) < 4.78 is 0. The van der Waals surface area contributed by atoms with Crippen molar-refractivity contribution in [1.29, 1.82) is 0 Å². The fourth-order valence-electron chi connectivity index (χ4n) is 2.50. The van der Waals surface area contributed by atoms with Crippen molar-refractivity contribution >= 4 is 24.0 Å². The van der Waals surface area contributed by atoms with Crippen molar-refractivity contribution in [2.24, 2.45) is 0 Å². The quantitative estimate of drug-likeness (QED) is 0.878. The first-order valence-electron chi connectivity index (χ1n) is 6.31. The summed E-state index contributed by atoms with van der Waals surface area (Å²) in [5.41, 5.74) is 3.86. The van der Waals surface area contributed by atoms with E-state index < -0.39 is 0 Å². The number of nitrogens with one attached hydrogen (secondary N) is 1. The molecule has 0 radical (unpaired) electrons. The molecule has 0 aliphatic heterocycles. The highest BCUT2D eigenvalue weighted by Gasteiger charge is 2.36. The minimum absolute atomic E-state index is 0. The lowest BCUT2D eigenvalue weighted by Gasteiger charge is -2.06. The summed E-state index contributed by atoms with van der Waals surface area (Å²) in [5, 5.41) is 4.12. The number of halogens is 2. The topological polar surface area (TPSA) is 12.0 Å². The van der Waals surface area contributed by atoms with Crippen LogP contribution in [0.3, 0.4) is 0 Å². The van der Waals surface area contributed by atoms with Crippen molar-refractivity contribution in [3.63, 3.8) is 0 Å². The van der Waals surface area contributed by atoms with E-state index in [1.54, 1.807) is 0 Å². The third-order valence-corrected chi connectivity index (χ3v) is 3.87. The molecule has 1 fully saturated rings. The van der Waals surface area contributed by atoms with Gasteiger partial charge >= 0.3 is 0 Å². The second-order valence-corrected chi connectivity index (χ2v) is 5.31. The summed E-state index contributed by atoms with van der Waals surface area (Å²) in [6.45, 7) is 0. The van der Waals surface area contributed by atoms with Crippen LogP contribution in [0.2, 0.25) is 5.02 Å². The van der Waals surface area contributed by atoms with Crippen LogP contribution < -0.4 is 5.32 Å². The zero-order valence-electron chi connectivity index (χ0n) is 10.8. The van der Waals surface area contributed by atoms with Crippen LogP contribution in [0.25, 0.3) is 11.1 Å². The molecule has 3 rings (SSSR count). The lowest BCUT2D eigenvalue weighted by atomic mass is 10.0. The van der Waals surface area contributed by atoms with Gasteiger partial charge in [-0.1, -0.05) is 48.0 Å². The first kappa shape index (κ1) is 14.4. The fraction of sp³-hybridized carbons (Fsp3) is 0.250. The highest BCUT2D eigenvalue weighted by molar-refractivity contribution is 6.30. The van der Waals surface area contributed by atoms with Crippen LogP contribution in [0.5, 0.6) is 0 Å². The Balaban J connectivity index is 0.00000133. The summed E-state index contributed by atoms with van der Waals surface area (Å²) in [6, 6.07) is 17.5. The monoisotopic (exact) mass is 293 g/mol. The maximum absolute atomic E-state index is 6.05. The van der Waals surface area contributed by atoms with Crippen molar-refractivity contribution in [1.82, 2.24) is 5.32 Å². The molecule has 19 heavy (non-hydrogen) atoms. The highest BCUT2D eigenvalue weighted by Crippen LogP contribution is 2.41. The Labute approximate surface area is 125 Å². The predicted octanol–water partition coefficient (Wildman–Crippen LogP) is 4.50. The van der Waals surface area contributed by atoms with E-state index in [1.165, 1.54) is 23.1 Å². The van der Waals surface area contributed by atoms with Gasteiger partial charge in [-0.3, -0.25) is 0 Å². The van der Waals surface area contributed by atoms with Gasteiger partial charge in [0.25, 0.3) is 0 Å². The van der Waals surface area contributed by atoms with Crippen LogP contribution in [0.15, 0.2) is 48.5 Å². The third-order valence-electron chi connectivity index (χ3n) is 3.63. The van der Waals surface area contributed by atoms with Crippen molar-refractivity contribution < 1.29 is 0 Å². The molecule has 3 heteroatoms. The average Bonchev–Trinajstić information content (AvgIpc) is 3.18. The zero-order valence-corrected chi connectivity index (χ0v) is 12.3. The van der Waals surface area contributed by atoms with E-state index in [2.05, 4.69) is 35.6 Å². The molecule has 0 amide bonds. The van der Waals surface area contributed by atoms with Gasteiger partial charge in [0.2, 0.25) is 0 Å². The molecule has 1 saturated carbocycles. The SMILES string of the molecule is CNC1CC1c1cccc(-c2cccc(Cl)c2)c1.Cl. The van der Waals surface area contributed by atoms with Crippen LogP contribution in [-0.2, 0) is 0 Å². The Morgan fingerprint density at radius 1 is 1.05 bits per heavy atom. The van der Waals surface area contributed by atoms with Crippen molar-refractivity contribution in [2.45, 2.75) is 18.4 Å². The maximum atomic E-state index is 6.05. The first-order chi connectivity index (χ1) is 8.78. The smallest absolute Gasteiger partial charge is 0.0412 e. The molecular formula is C16H17Cl2N. The van der Waals surface area contributed by atoms with E-state index in [0.717, 1.165) is 5.02 Å². The molecule has 1 nitrogen and oxygen atoms in total. The van der Waals surface area contributed by atoms with Gasteiger partial charge in [0.05, 0.1) is 0 Å². The van der Waals surface area contributed by atoms with Crippen molar-refractivity contribution in [3.8, 4) is 11.1 Å². The molecule has 0 spiro atoms. The largest absolute Gasteiger partial charge is 0.316 e. The minimum atomic E-state index is 0. The molecule has 1 N–H and O–H groups in total. The van der Waals surface area contributed by atoms with Crippen molar-refractivity contribution in [2.75, 3.05) is 7.05 Å². The molecule has 0 heterocycles. The fourth-order valence-corrected chi connectivity index (χ4v) is 2.69. The highest BCUT2D eigenvalue weighted by atomic mass is 35.5. The zero-order chi connectivity index (χ0) is 12.5. The number of hydrogen-bond donors (Lipinski definition) is 1. The lowest BCUT2D eigenvalue weighted by molar-refractivity contribution is 0.784. The summed E-state index contributed by atoms with van der Waals surface area (Å²) in [5.74, 6) is 0.675. The van der Waals surface area contributed by atoms with Crippen LogP contribution in [0, 0.1) is 0 Å². The summed E-state index contributed by atoms with van der Waals surface area (Å²) in [7, 11) is 2.03. The van der Waals surface area contributed by atoms with E-state index in [1.807, 2.05) is 25.2 Å². The standard InChI is InChI=1S/C16H16ClN.ClH/c1-18-16-10-15(16)13-6-2-4-11(8-13)12-5-3-7-14(17)9-12;/h2-9,15-16,18H,10H2,1H3;1H. The Morgan fingerprint density at radius 3 is 2.37 bits per heavy atom. The van der Waals surface area contributed by atoms with Gasteiger partial charge in [-0.2, -0.15) is 0 Å². The molecule has 0 saturated heterocycles. The lowest BCUT2D eigenvalue weighted by Crippen LogP contribution is -2.10. The molecule has 2 atom stereocenters. The van der Waals surface area contributed by atoms with E-state index in [0.29, 0.717) is 12.0 Å². The van der Waals surface area contributed by atoms with Gasteiger partial charge in [-0.25, -0.2) is 0 Å². The molecular weight excluding hydrogens is 277 g/mol. The van der Waals surface area contributed by atoms with E-state index >= 15 is 0 Å². The number of hydrogen-bond acceptors (Lipinski definition) is 1. The normalized spacial score (nSPS) is 20.7. The molecule has 100 valence electrons. The van der Waals surface area contributed by atoms with E-state index in [-0.39, 0.29) is 12.4 Å². The van der Waals surface area contributed by atoms with Crippen LogP contribution in [0.1, 0.15) is 17.9 Å². The molecule has 2 unspecified atom stereocenters. The minimum Gasteiger partial charge on any atom is -0.316 e. The summed E-state index contributed by atoms with van der Waals surface area (Å²) >= 11 is 6.05. The molecule has 1 aliphatic rings. The number of rotatable bonds is 3. The second-order valence-electron chi connectivity index (χ2n) is 4.87. The van der Waals surface area contributed by atoms with Crippen LogP contribution in [0.4, 0.5) is 0 Å². The Bertz CT molecular complexity index is 568. The number of likely N-dealkylation sites (N-methyl/N-ethyl adjacent to an activating group) is 1. The molecule has 2 aromatic carbocycles. The Hall–Kier alpha value is -1.02. The molecule has 1 aliphatic carbocycles. The predicted molar refractivity (Wildman–Crippen MR) is 84.3 cm³/mol. The number of benzene rings is 2. The van der Waals surface area contributed by atoms with Gasteiger partial charge in [0.1, 0.15) is 0 Å². The Kier molecular flexibility index (Phi) is 4.51. The van der Waals surface area contributed by atoms with Gasteiger partial charge in [-0.05, 0) is 42.3 Å². The maximum Gasteiger partial charge on any atom is 0.0412 e.